The average Bonchev–Trinajstić information content (AvgIpc) is 2.38. The van der Waals surface area contributed by atoms with Gasteiger partial charge in [0.1, 0.15) is 0 Å². The lowest BCUT2D eigenvalue weighted by molar-refractivity contribution is 0.00501. The molecule has 1 aliphatic carbocycles. The minimum Gasteiger partial charge on any atom is -0.316 e. The standard InChI is InChI=1S/C20H31N/c1-15-5-7-17(8-6-15)18-13-21-10-9-20(18)12-16(2)11-19(3,4)14-20/h5-8,16,18,21H,9-14H2,1-4H3. The SMILES string of the molecule is Cc1ccc(C2CNCCC23CC(C)CC(C)(C)C3)cc1. The van der Waals surface area contributed by atoms with Crippen molar-refractivity contribution in [1.29, 1.82) is 0 Å². The molecule has 1 aromatic carbocycles. The van der Waals surface area contributed by atoms with Crippen LogP contribution in [0, 0.1) is 23.7 Å². The molecule has 1 aliphatic heterocycles. The Labute approximate surface area is 130 Å². The van der Waals surface area contributed by atoms with Crippen LogP contribution in [0.2, 0.25) is 0 Å². The average molecular weight is 285 g/mol. The summed E-state index contributed by atoms with van der Waals surface area (Å²) in [5.74, 6) is 1.55. The second kappa shape index (κ2) is 5.43. The molecule has 1 saturated carbocycles. The second-order valence-corrected chi connectivity index (χ2v) is 8.63. The molecule has 2 fully saturated rings. The van der Waals surface area contributed by atoms with Gasteiger partial charge in [-0.3, -0.25) is 0 Å². The minimum atomic E-state index is 0.498. The molecule has 1 N–H and O–H groups in total. The van der Waals surface area contributed by atoms with E-state index in [0.717, 1.165) is 12.5 Å². The number of hydrogen-bond acceptors (Lipinski definition) is 1. The maximum atomic E-state index is 3.66. The Hall–Kier alpha value is -0.820. The molecule has 1 heterocycles. The summed E-state index contributed by atoms with van der Waals surface area (Å²) in [5, 5.41) is 3.66. The van der Waals surface area contributed by atoms with Crippen LogP contribution < -0.4 is 5.32 Å². The molecule has 0 radical (unpaired) electrons. The Morgan fingerprint density at radius 2 is 1.81 bits per heavy atom. The van der Waals surface area contributed by atoms with E-state index < -0.39 is 0 Å². The van der Waals surface area contributed by atoms with Crippen LogP contribution in [0.1, 0.15) is 63.5 Å². The third-order valence-corrected chi connectivity index (χ3v) is 5.85. The highest BCUT2D eigenvalue weighted by atomic mass is 14.9. The molecule has 1 nitrogen and oxygen atoms in total. The highest BCUT2D eigenvalue weighted by Crippen LogP contribution is 2.57. The molecule has 0 aromatic heterocycles. The van der Waals surface area contributed by atoms with Crippen molar-refractivity contribution in [3.8, 4) is 0 Å². The summed E-state index contributed by atoms with van der Waals surface area (Å²) in [6.45, 7) is 12.0. The van der Waals surface area contributed by atoms with E-state index in [9.17, 15) is 0 Å². The van der Waals surface area contributed by atoms with Gasteiger partial charge in [-0.2, -0.15) is 0 Å². The lowest BCUT2D eigenvalue weighted by atomic mass is 9.53. The summed E-state index contributed by atoms with van der Waals surface area (Å²) in [4.78, 5) is 0. The first kappa shape index (κ1) is 15.1. The number of piperidine rings is 1. The maximum absolute atomic E-state index is 3.66. The Morgan fingerprint density at radius 1 is 1.10 bits per heavy atom. The Bertz CT molecular complexity index is 487. The molecule has 1 heteroatoms. The molecule has 3 atom stereocenters. The first-order chi connectivity index (χ1) is 9.90. The van der Waals surface area contributed by atoms with Gasteiger partial charge < -0.3 is 5.32 Å². The molecule has 0 amide bonds. The normalized spacial score (nSPS) is 35.8. The number of nitrogens with one attached hydrogen (secondary N) is 1. The van der Waals surface area contributed by atoms with E-state index in [0.29, 0.717) is 16.7 Å². The van der Waals surface area contributed by atoms with E-state index in [-0.39, 0.29) is 0 Å². The monoisotopic (exact) mass is 285 g/mol. The van der Waals surface area contributed by atoms with Crippen LogP contribution in [0.15, 0.2) is 24.3 Å². The molecule has 21 heavy (non-hydrogen) atoms. The first-order valence-electron chi connectivity index (χ1n) is 8.68. The van der Waals surface area contributed by atoms with E-state index in [4.69, 9.17) is 0 Å². The number of rotatable bonds is 1. The maximum Gasteiger partial charge on any atom is 0.00255 e. The van der Waals surface area contributed by atoms with Gasteiger partial charge in [-0.1, -0.05) is 50.6 Å². The lowest BCUT2D eigenvalue weighted by Crippen LogP contribution is -2.49. The minimum absolute atomic E-state index is 0.498. The zero-order chi connectivity index (χ0) is 15.1. The first-order valence-corrected chi connectivity index (χ1v) is 8.68. The molecule has 0 bridgehead atoms. The fourth-order valence-electron chi connectivity index (χ4n) is 5.51. The van der Waals surface area contributed by atoms with Crippen LogP contribution >= 0.6 is 0 Å². The lowest BCUT2D eigenvalue weighted by Gasteiger charge is -2.54. The fourth-order valence-corrected chi connectivity index (χ4v) is 5.51. The van der Waals surface area contributed by atoms with E-state index in [1.807, 2.05) is 0 Å². The van der Waals surface area contributed by atoms with Crippen LogP contribution in [-0.2, 0) is 0 Å². The largest absolute Gasteiger partial charge is 0.316 e. The van der Waals surface area contributed by atoms with Crippen molar-refractivity contribution in [1.82, 2.24) is 5.32 Å². The zero-order valence-corrected chi connectivity index (χ0v) is 14.2. The van der Waals surface area contributed by atoms with E-state index in [2.05, 4.69) is 57.3 Å². The fraction of sp³-hybridized carbons (Fsp3) is 0.700. The summed E-state index contributed by atoms with van der Waals surface area (Å²) in [6, 6.07) is 9.33. The van der Waals surface area contributed by atoms with Gasteiger partial charge in [0.15, 0.2) is 0 Å². The van der Waals surface area contributed by atoms with Gasteiger partial charge in [0.05, 0.1) is 0 Å². The van der Waals surface area contributed by atoms with Gasteiger partial charge in [0.2, 0.25) is 0 Å². The van der Waals surface area contributed by atoms with Crippen LogP contribution in [-0.4, -0.2) is 13.1 Å². The number of aryl methyl sites for hydroxylation is 1. The van der Waals surface area contributed by atoms with Gasteiger partial charge >= 0.3 is 0 Å². The third-order valence-electron chi connectivity index (χ3n) is 5.85. The van der Waals surface area contributed by atoms with Crippen molar-refractivity contribution in [2.24, 2.45) is 16.7 Å². The van der Waals surface area contributed by atoms with Crippen molar-refractivity contribution in [3.63, 3.8) is 0 Å². The Kier molecular flexibility index (Phi) is 3.90. The Morgan fingerprint density at radius 3 is 2.48 bits per heavy atom. The highest BCUT2D eigenvalue weighted by molar-refractivity contribution is 5.28. The highest BCUT2D eigenvalue weighted by Gasteiger charge is 2.48. The van der Waals surface area contributed by atoms with Gasteiger partial charge in [-0.25, -0.2) is 0 Å². The molecular formula is C20H31N. The molecule has 1 spiro atoms. The predicted octanol–water partition coefficient (Wildman–Crippen LogP) is 4.90. The molecular weight excluding hydrogens is 254 g/mol. The van der Waals surface area contributed by atoms with Crippen molar-refractivity contribution >= 4 is 0 Å². The van der Waals surface area contributed by atoms with Crippen molar-refractivity contribution in [2.45, 2.75) is 59.3 Å². The summed E-state index contributed by atoms with van der Waals surface area (Å²) in [6.07, 6.45) is 5.54. The third kappa shape index (κ3) is 3.04. The van der Waals surface area contributed by atoms with Gasteiger partial charge in [0.25, 0.3) is 0 Å². The summed E-state index contributed by atoms with van der Waals surface area (Å²) < 4.78 is 0. The van der Waals surface area contributed by atoms with Crippen molar-refractivity contribution < 1.29 is 0 Å². The summed E-state index contributed by atoms with van der Waals surface area (Å²) in [5.41, 5.74) is 3.94. The molecule has 1 aromatic rings. The smallest absolute Gasteiger partial charge is 0.00255 e. The topological polar surface area (TPSA) is 12.0 Å². The molecule has 3 unspecified atom stereocenters. The van der Waals surface area contributed by atoms with Crippen LogP contribution in [0.25, 0.3) is 0 Å². The van der Waals surface area contributed by atoms with E-state index >= 15 is 0 Å². The molecule has 3 rings (SSSR count). The molecule has 2 aliphatic rings. The zero-order valence-electron chi connectivity index (χ0n) is 14.2. The summed E-state index contributed by atoms with van der Waals surface area (Å²) in [7, 11) is 0. The Balaban J connectivity index is 1.95. The molecule has 116 valence electrons. The molecule has 1 saturated heterocycles. The van der Waals surface area contributed by atoms with E-state index in [1.54, 1.807) is 5.56 Å². The van der Waals surface area contributed by atoms with Gasteiger partial charge in [-0.05, 0) is 61.5 Å². The van der Waals surface area contributed by atoms with Gasteiger partial charge in [0, 0.05) is 12.5 Å². The number of hydrogen-bond donors (Lipinski definition) is 1. The van der Waals surface area contributed by atoms with Crippen LogP contribution in [0.5, 0.6) is 0 Å². The van der Waals surface area contributed by atoms with Crippen LogP contribution in [0.3, 0.4) is 0 Å². The van der Waals surface area contributed by atoms with E-state index in [1.165, 1.54) is 37.8 Å². The van der Waals surface area contributed by atoms with Crippen molar-refractivity contribution in [3.05, 3.63) is 35.4 Å². The van der Waals surface area contributed by atoms with Crippen molar-refractivity contribution in [2.75, 3.05) is 13.1 Å². The predicted molar refractivity (Wildman–Crippen MR) is 90.6 cm³/mol. The summed E-state index contributed by atoms with van der Waals surface area (Å²) >= 11 is 0. The van der Waals surface area contributed by atoms with Crippen LogP contribution in [0.4, 0.5) is 0 Å². The quantitative estimate of drug-likeness (QED) is 0.773. The van der Waals surface area contributed by atoms with Gasteiger partial charge in [-0.15, -0.1) is 0 Å². The second-order valence-electron chi connectivity index (χ2n) is 8.63. The number of benzene rings is 1.